The van der Waals surface area contributed by atoms with Gasteiger partial charge in [-0.15, -0.1) is 0 Å². The largest absolute Gasteiger partial charge is 0.377 e. The van der Waals surface area contributed by atoms with Crippen molar-refractivity contribution >= 4 is 17.3 Å². The molecule has 102 valence electrons. The first kappa shape index (κ1) is 13.9. The summed E-state index contributed by atoms with van der Waals surface area (Å²) in [5, 5.41) is 8.07. The van der Waals surface area contributed by atoms with E-state index in [4.69, 9.17) is 11.6 Å². The van der Waals surface area contributed by atoms with Crippen molar-refractivity contribution in [3.63, 3.8) is 0 Å². The van der Waals surface area contributed by atoms with Crippen LogP contribution in [0.25, 0.3) is 0 Å². The molecule has 0 saturated heterocycles. The summed E-state index contributed by atoms with van der Waals surface area (Å²) >= 11 is 6.02. The van der Waals surface area contributed by atoms with Gasteiger partial charge in [0.25, 0.3) is 0 Å². The molecule has 0 spiro atoms. The molecule has 1 aromatic carbocycles. The zero-order chi connectivity index (χ0) is 14.2. The highest BCUT2D eigenvalue weighted by Gasteiger charge is 2.17. The van der Waals surface area contributed by atoms with E-state index in [0.717, 1.165) is 22.6 Å². The molecular weight excluding hydrogens is 265 g/mol. The Morgan fingerprint density at radius 3 is 2.58 bits per heavy atom. The number of rotatable bonds is 3. The molecule has 1 aromatic heterocycles. The Morgan fingerprint density at radius 2 is 2.05 bits per heavy atom. The summed E-state index contributed by atoms with van der Waals surface area (Å²) in [6.45, 7) is 6.04. The molecule has 3 nitrogen and oxygen atoms in total. The lowest BCUT2D eigenvalue weighted by atomic mass is 10.1. The third-order valence-electron chi connectivity index (χ3n) is 3.30. The molecule has 0 aliphatic carbocycles. The van der Waals surface area contributed by atoms with E-state index in [1.54, 1.807) is 6.07 Å². The van der Waals surface area contributed by atoms with Gasteiger partial charge >= 0.3 is 0 Å². The Hall–Kier alpha value is -1.55. The van der Waals surface area contributed by atoms with E-state index in [1.807, 2.05) is 32.5 Å². The Kier molecular flexibility index (Phi) is 3.80. The molecule has 2 rings (SSSR count). The van der Waals surface area contributed by atoms with E-state index < -0.39 is 0 Å². The van der Waals surface area contributed by atoms with Crippen LogP contribution in [0.2, 0.25) is 5.02 Å². The van der Waals surface area contributed by atoms with Crippen LogP contribution in [0.4, 0.5) is 10.1 Å². The smallest absolute Gasteiger partial charge is 0.124 e. The molecule has 1 unspecified atom stereocenters. The zero-order valence-electron chi connectivity index (χ0n) is 11.5. The summed E-state index contributed by atoms with van der Waals surface area (Å²) in [7, 11) is 1.92. The maximum absolute atomic E-state index is 13.0. The van der Waals surface area contributed by atoms with Gasteiger partial charge in [0.2, 0.25) is 0 Å². The van der Waals surface area contributed by atoms with Crippen molar-refractivity contribution in [1.82, 2.24) is 9.78 Å². The summed E-state index contributed by atoms with van der Waals surface area (Å²) in [6.07, 6.45) is 0. The van der Waals surface area contributed by atoms with Crippen LogP contribution in [-0.4, -0.2) is 9.78 Å². The molecule has 1 heterocycles. The summed E-state index contributed by atoms with van der Waals surface area (Å²) in [5.41, 5.74) is 3.95. The van der Waals surface area contributed by atoms with Crippen molar-refractivity contribution in [2.24, 2.45) is 7.05 Å². The fraction of sp³-hybridized carbons (Fsp3) is 0.357. The number of hydrogen-bond donors (Lipinski definition) is 1. The number of anilines is 1. The summed E-state index contributed by atoms with van der Waals surface area (Å²) < 4.78 is 14.9. The Bertz CT molecular complexity index is 607. The van der Waals surface area contributed by atoms with Gasteiger partial charge < -0.3 is 5.32 Å². The average Bonchev–Trinajstić information content (AvgIpc) is 2.57. The van der Waals surface area contributed by atoms with Crippen LogP contribution >= 0.6 is 11.6 Å². The second kappa shape index (κ2) is 5.21. The minimum Gasteiger partial charge on any atom is -0.377 e. The lowest BCUT2D eigenvalue weighted by Crippen LogP contribution is -2.09. The molecule has 0 aliphatic rings. The molecule has 0 radical (unpaired) electrons. The molecule has 0 amide bonds. The molecule has 0 fully saturated rings. The number of aryl methyl sites for hydroxylation is 2. The topological polar surface area (TPSA) is 29.9 Å². The second-order valence-corrected chi connectivity index (χ2v) is 5.11. The monoisotopic (exact) mass is 281 g/mol. The average molecular weight is 282 g/mol. The molecule has 19 heavy (non-hydrogen) atoms. The second-order valence-electron chi connectivity index (χ2n) is 4.70. The van der Waals surface area contributed by atoms with E-state index in [0.29, 0.717) is 5.02 Å². The Labute approximate surface area is 117 Å². The van der Waals surface area contributed by atoms with Crippen LogP contribution in [0.3, 0.4) is 0 Å². The van der Waals surface area contributed by atoms with Gasteiger partial charge in [-0.05, 0) is 39.0 Å². The van der Waals surface area contributed by atoms with Crippen molar-refractivity contribution in [3.05, 3.63) is 46.0 Å². The minimum absolute atomic E-state index is 0.0525. The normalized spacial score (nSPS) is 12.5. The highest BCUT2D eigenvalue weighted by atomic mass is 35.5. The lowest BCUT2D eigenvalue weighted by Gasteiger charge is -2.17. The Morgan fingerprint density at radius 1 is 1.37 bits per heavy atom. The highest BCUT2D eigenvalue weighted by molar-refractivity contribution is 6.33. The Balaban J connectivity index is 2.28. The first-order valence-electron chi connectivity index (χ1n) is 6.12. The zero-order valence-corrected chi connectivity index (χ0v) is 12.2. The summed E-state index contributed by atoms with van der Waals surface area (Å²) in [4.78, 5) is 0. The van der Waals surface area contributed by atoms with Gasteiger partial charge in [0.1, 0.15) is 5.82 Å². The van der Waals surface area contributed by atoms with Crippen molar-refractivity contribution in [1.29, 1.82) is 0 Å². The molecule has 1 atom stereocenters. The first-order chi connectivity index (χ1) is 8.90. The molecule has 0 bridgehead atoms. The lowest BCUT2D eigenvalue weighted by molar-refractivity contribution is 0.628. The van der Waals surface area contributed by atoms with Crippen molar-refractivity contribution < 1.29 is 4.39 Å². The first-order valence-corrected chi connectivity index (χ1v) is 6.49. The third-order valence-corrected chi connectivity index (χ3v) is 3.61. The molecule has 1 N–H and O–H groups in total. The van der Waals surface area contributed by atoms with Crippen LogP contribution in [0.5, 0.6) is 0 Å². The SMILES string of the molecule is Cc1nn(C)c(C)c1C(C)Nc1ccc(F)cc1Cl. The number of benzene rings is 1. The van der Waals surface area contributed by atoms with Gasteiger partial charge in [0.15, 0.2) is 0 Å². The van der Waals surface area contributed by atoms with E-state index in [-0.39, 0.29) is 11.9 Å². The van der Waals surface area contributed by atoms with Gasteiger partial charge in [0.05, 0.1) is 22.4 Å². The van der Waals surface area contributed by atoms with Crippen LogP contribution in [0.15, 0.2) is 18.2 Å². The van der Waals surface area contributed by atoms with Gasteiger partial charge in [-0.3, -0.25) is 4.68 Å². The summed E-state index contributed by atoms with van der Waals surface area (Å²) in [5.74, 6) is -0.336. The molecule has 0 aliphatic heterocycles. The van der Waals surface area contributed by atoms with E-state index in [9.17, 15) is 4.39 Å². The summed E-state index contributed by atoms with van der Waals surface area (Å²) in [6, 6.07) is 4.40. The van der Waals surface area contributed by atoms with Crippen LogP contribution in [0, 0.1) is 19.7 Å². The molecular formula is C14H17ClFN3. The predicted molar refractivity (Wildman–Crippen MR) is 76.1 cm³/mol. The van der Waals surface area contributed by atoms with Gasteiger partial charge in [-0.2, -0.15) is 5.10 Å². The van der Waals surface area contributed by atoms with Crippen LogP contribution < -0.4 is 5.32 Å². The van der Waals surface area contributed by atoms with E-state index in [1.165, 1.54) is 12.1 Å². The van der Waals surface area contributed by atoms with E-state index in [2.05, 4.69) is 10.4 Å². The number of hydrogen-bond acceptors (Lipinski definition) is 2. The van der Waals surface area contributed by atoms with Crippen LogP contribution in [0.1, 0.15) is 29.9 Å². The standard InChI is InChI=1S/C14H17ClFN3/c1-8(14-9(2)18-19(4)10(14)3)17-13-6-5-11(16)7-12(13)15/h5-8,17H,1-4H3. The fourth-order valence-corrected chi connectivity index (χ4v) is 2.55. The fourth-order valence-electron chi connectivity index (χ4n) is 2.33. The number of aromatic nitrogens is 2. The van der Waals surface area contributed by atoms with Crippen LogP contribution in [-0.2, 0) is 7.05 Å². The molecule has 2 aromatic rings. The number of halogens is 2. The maximum Gasteiger partial charge on any atom is 0.124 e. The quantitative estimate of drug-likeness (QED) is 0.921. The van der Waals surface area contributed by atoms with Crippen molar-refractivity contribution in [3.8, 4) is 0 Å². The maximum atomic E-state index is 13.0. The highest BCUT2D eigenvalue weighted by Crippen LogP contribution is 2.29. The predicted octanol–water partition coefficient (Wildman–Crippen LogP) is 4.00. The molecule has 5 heteroatoms. The number of nitrogens with one attached hydrogen (secondary N) is 1. The van der Waals surface area contributed by atoms with Gasteiger partial charge in [-0.1, -0.05) is 11.6 Å². The van der Waals surface area contributed by atoms with Crippen molar-refractivity contribution in [2.75, 3.05) is 5.32 Å². The van der Waals surface area contributed by atoms with E-state index >= 15 is 0 Å². The third kappa shape index (κ3) is 2.73. The number of nitrogens with zero attached hydrogens (tertiary/aromatic N) is 2. The van der Waals surface area contributed by atoms with Crippen molar-refractivity contribution in [2.45, 2.75) is 26.8 Å². The minimum atomic E-state index is -0.336. The molecule has 0 saturated carbocycles. The van der Waals surface area contributed by atoms with Gasteiger partial charge in [-0.25, -0.2) is 4.39 Å². The van der Waals surface area contributed by atoms with Gasteiger partial charge in [0, 0.05) is 18.3 Å².